The highest BCUT2D eigenvalue weighted by atomic mass is 79.9. The van der Waals surface area contributed by atoms with E-state index < -0.39 is 0 Å². The second-order valence-electron chi connectivity index (χ2n) is 4.11. The summed E-state index contributed by atoms with van der Waals surface area (Å²) in [5.74, 6) is 0.935. The first kappa shape index (κ1) is 13.6. The van der Waals surface area contributed by atoms with Gasteiger partial charge in [-0.1, -0.05) is 18.2 Å². The monoisotopic (exact) mass is 325 g/mol. The van der Waals surface area contributed by atoms with Crippen LogP contribution in [-0.2, 0) is 6.54 Å². The molecule has 0 bridgehead atoms. The maximum Gasteiger partial charge on any atom is 0.119 e. The molecule has 96 valence electrons. The van der Waals surface area contributed by atoms with E-state index in [2.05, 4.69) is 40.0 Å². The van der Waals surface area contributed by atoms with Crippen molar-refractivity contribution in [1.82, 2.24) is 4.90 Å². The first-order chi connectivity index (χ1) is 8.74. The van der Waals surface area contributed by atoms with Gasteiger partial charge >= 0.3 is 0 Å². The summed E-state index contributed by atoms with van der Waals surface area (Å²) in [6, 6.07) is 14.2. The fraction of sp³-hybridized carbons (Fsp3) is 0.286. The smallest absolute Gasteiger partial charge is 0.119 e. The fourth-order valence-corrected chi connectivity index (χ4v) is 3.18. The Morgan fingerprint density at radius 3 is 2.61 bits per heavy atom. The van der Waals surface area contributed by atoms with Crippen LogP contribution in [0.5, 0.6) is 5.75 Å². The lowest BCUT2D eigenvalue weighted by Gasteiger charge is -2.15. The zero-order valence-electron chi connectivity index (χ0n) is 10.3. The summed E-state index contributed by atoms with van der Waals surface area (Å²) in [5, 5.41) is 0. The van der Waals surface area contributed by atoms with Crippen LogP contribution in [-0.4, -0.2) is 25.1 Å². The molecule has 0 spiro atoms. The Balaban J connectivity index is 1.70. The van der Waals surface area contributed by atoms with Crippen molar-refractivity contribution < 1.29 is 4.74 Å². The van der Waals surface area contributed by atoms with Gasteiger partial charge in [-0.05, 0) is 47.2 Å². The number of benzene rings is 1. The van der Waals surface area contributed by atoms with Gasteiger partial charge in [0.2, 0.25) is 0 Å². The summed E-state index contributed by atoms with van der Waals surface area (Å²) in [7, 11) is 2.11. The first-order valence-electron chi connectivity index (χ1n) is 5.84. The van der Waals surface area contributed by atoms with Crippen molar-refractivity contribution in [2.24, 2.45) is 0 Å². The molecule has 1 heterocycles. The maximum absolute atomic E-state index is 5.67. The second-order valence-corrected chi connectivity index (χ2v) is 6.65. The van der Waals surface area contributed by atoms with Crippen LogP contribution in [0.25, 0.3) is 0 Å². The molecule has 1 aromatic carbocycles. The van der Waals surface area contributed by atoms with E-state index in [0.717, 1.165) is 18.8 Å². The van der Waals surface area contributed by atoms with Gasteiger partial charge in [0.1, 0.15) is 12.4 Å². The summed E-state index contributed by atoms with van der Waals surface area (Å²) in [4.78, 5) is 3.63. The van der Waals surface area contributed by atoms with E-state index in [1.165, 1.54) is 8.66 Å². The van der Waals surface area contributed by atoms with Gasteiger partial charge in [-0.3, -0.25) is 4.90 Å². The quantitative estimate of drug-likeness (QED) is 0.795. The Morgan fingerprint density at radius 1 is 1.17 bits per heavy atom. The van der Waals surface area contributed by atoms with Crippen LogP contribution in [0.2, 0.25) is 0 Å². The molecule has 2 rings (SSSR count). The molecule has 0 N–H and O–H groups in total. The van der Waals surface area contributed by atoms with Gasteiger partial charge in [0, 0.05) is 18.0 Å². The van der Waals surface area contributed by atoms with Crippen molar-refractivity contribution in [3.8, 4) is 5.75 Å². The van der Waals surface area contributed by atoms with Crippen molar-refractivity contribution >= 4 is 27.3 Å². The highest BCUT2D eigenvalue weighted by Crippen LogP contribution is 2.22. The third-order valence-electron chi connectivity index (χ3n) is 2.54. The van der Waals surface area contributed by atoms with Crippen molar-refractivity contribution in [1.29, 1.82) is 0 Å². The van der Waals surface area contributed by atoms with Crippen LogP contribution in [0, 0.1) is 0 Å². The molecule has 0 radical (unpaired) electrons. The van der Waals surface area contributed by atoms with Gasteiger partial charge in [0.05, 0.1) is 3.79 Å². The lowest BCUT2D eigenvalue weighted by Crippen LogP contribution is -2.23. The highest BCUT2D eigenvalue weighted by Gasteiger charge is 2.03. The van der Waals surface area contributed by atoms with Gasteiger partial charge in [-0.15, -0.1) is 11.3 Å². The summed E-state index contributed by atoms with van der Waals surface area (Å²) < 4.78 is 6.86. The number of rotatable bonds is 6. The summed E-state index contributed by atoms with van der Waals surface area (Å²) in [6.07, 6.45) is 0. The average molecular weight is 326 g/mol. The Morgan fingerprint density at radius 2 is 1.94 bits per heavy atom. The van der Waals surface area contributed by atoms with Crippen LogP contribution in [0.15, 0.2) is 46.3 Å². The largest absolute Gasteiger partial charge is 0.492 e. The predicted octanol–water partition coefficient (Wildman–Crippen LogP) is 4.02. The minimum Gasteiger partial charge on any atom is -0.492 e. The molecule has 2 aromatic rings. The lowest BCUT2D eigenvalue weighted by molar-refractivity contribution is 0.234. The van der Waals surface area contributed by atoms with Gasteiger partial charge in [0.15, 0.2) is 0 Å². The molecule has 4 heteroatoms. The molecular formula is C14H16BrNOS. The van der Waals surface area contributed by atoms with E-state index in [9.17, 15) is 0 Å². The number of likely N-dealkylation sites (N-methyl/N-ethyl adjacent to an activating group) is 1. The van der Waals surface area contributed by atoms with E-state index in [1.807, 2.05) is 30.3 Å². The van der Waals surface area contributed by atoms with E-state index >= 15 is 0 Å². The first-order valence-corrected chi connectivity index (χ1v) is 7.45. The molecule has 0 saturated carbocycles. The number of halogens is 1. The zero-order valence-corrected chi connectivity index (χ0v) is 12.7. The number of thiophene rings is 1. The normalized spacial score (nSPS) is 10.8. The van der Waals surface area contributed by atoms with Crippen LogP contribution in [0.4, 0.5) is 0 Å². The topological polar surface area (TPSA) is 12.5 Å². The number of para-hydroxylation sites is 1. The molecule has 0 aliphatic heterocycles. The van der Waals surface area contributed by atoms with E-state index in [1.54, 1.807) is 11.3 Å². The summed E-state index contributed by atoms with van der Waals surface area (Å²) in [6.45, 7) is 2.60. The third-order valence-corrected chi connectivity index (χ3v) is 4.15. The Hall–Kier alpha value is -0.840. The molecule has 0 aliphatic rings. The van der Waals surface area contributed by atoms with Crippen molar-refractivity contribution in [3.63, 3.8) is 0 Å². The van der Waals surface area contributed by atoms with Gasteiger partial charge in [-0.2, -0.15) is 0 Å². The summed E-state index contributed by atoms with van der Waals surface area (Å²) in [5.41, 5.74) is 0. The van der Waals surface area contributed by atoms with Gasteiger partial charge in [0.25, 0.3) is 0 Å². The Labute approximate surface area is 120 Å². The minimum absolute atomic E-state index is 0.715. The molecule has 18 heavy (non-hydrogen) atoms. The Bertz CT molecular complexity index is 472. The molecule has 0 aliphatic carbocycles. The van der Waals surface area contributed by atoms with Crippen LogP contribution >= 0.6 is 27.3 Å². The molecule has 0 atom stereocenters. The standard InChI is InChI=1S/C14H16BrNOS/c1-16(11-13-7-8-14(15)18-13)9-10-17-12-5-3-2-4-6-12/h2-8H,9-11H2,1H3. The SMILES string of the molecule is CN(CCOc1ccccc1)Cc1ccc(Br)s1. The third kappa shape index (κ3) is 4.44. The average Bonchev–Trinajstić information content (AvgIpc) is 2.76. The van der Waals surface area contributed by atoms with Crippen molar-refractivity contribution in [2.45, 2.75) is 6.54 Å². The van der Waals surface area contributed by atoms with E-state index in [0.29, 0.717) is 6.61 Å². The molecule has 0 amide bonds. The van der Waals surface area contributed by atoms with Crippen molar-refractivity contribution in [2.75, 3.05) is 20.2 Å². The van der Waals surface area contributed by atoms with Crippen LogP contribution in [0.1, 0.15) is 4.88 Å². The Kier molecular flexibility index (Phi) is 5.23. The maximum atomic E-state index is 5.67. The van der Waals surface area contributed by atoms with Crippen molar-refractivity contribution in [3.05, 3.63) is 51.1 Å². The van der Waals surface area contributed by atoms with E-state index in [-0.39, 0.29) is 0 Å². The molecule has 2 nitrogen and oxygen atoms in total. The van der Waals surface area contributed by atoms with Gasteiger partial charge < -0.3 is 4.74 Å². The molecule has 0 saturated heterocycles. The van der Waals surface area contributed by atoms with Gasteiger partial charge in [-0.25, -0.2) is 0 Å². The molecular weight excluding hydrogens is 310 g/mol. The molecule has 0 unspecified atom stereocenters. The number of hydrogen-bond donors (Lipinski definition) is 0. The number of hydrogen-bond acceptors (Lipinski definition) is 3. The highest BCUT2D eigenvalue weighted by molar-refractivity contribution is 9.11. The predicted molar refractivity (Wildman–Crippen MR) is 80.3 cm³/mol. The minimum atomic E-state index is 0.715. The number of nitrogens with zero attached hydrogens (tertiary/aromatic N) is 1. The zero-order chi connectivity index (χ0) is 12.8. The lowest BCUT2D eigenvalue weighted by atomic mass is 10.3. The molecule has 1 aromatic heterocycles. The van der Waals surface area contributed by atoms with Crippen LogP contribution in [0.3, 0.4) is 0 Å². The number of ether oxygens (including phenoxy) is 1. The van der Waals surface area contributed by atoms with Crippen LogP contribution < -0.4 is 4.74 Å². The summed E-state index contributed by atoms with van der Waals surface area (Å²) >= 11 is 5.26. The molecule has 0 fully saturated rings. The second kappa shape index (κ2) is 6.92. The fourth-order valence-electron chi connectivity index (χ4n) is 1.62. The van der Waals surface area contributed by atoms with E-state index in [4.69, 9.17) is 4.74 Å².